The summed E-state index contributed by atoms with van der Waals surface area (Å²) in [6.07, 6.45) is 0. The standard InChI is InChI=1S/C17H24FN3O6S/c1-5-21(6-2)28(25,26)14-9-12(7-8-13(14)18)16(23)27-10-15(22)20-17(24)19-11(3)4/h7-9,11H,5-6,10H2,1-4H3,(H2,19,20,22,24). The van der Waals surface area contributed by atoms with Gasteiger partial charge in [-0.3, -0.25) is 10.1 Å². The minimum Gasteiger partial charge on any atom is -0.452 e. The van der Waals surface area contributed by atoms with Crippen LogP contribution in [0.2, 0.25) is 0 Å². The zero-order valence-electron chi connectivity index (χ0n) is 16.1. The molecule has 0 saturated carbocycles. The smallest absolute Gasteiger partial charge is 0.338 e. The number of nitrogens with zero attached hydrogens (tertiary/aromatic N) is 1. The number of nitrogens with one attached hydrogen (secondary N) is 2. The molecule has 3 amide bonds. The average molecular weight is 417 g/mol. The molecule has 0 spiro atoms. The van der Waals surface area contributed by atoms with Crippen molar-refractivity contribution in [2.45, 2.75) is 38.6 Å². The Labute approximate surface area is 163 Å². The van der Waals surface area contributed by atoms with Crippen LogP contribution in [0.4, 0.5) is 9.18 Å². The summed E-state index contributed by atoms with van der Waals surface area (Å²) < 4.78 is 44.8. The van der Waals surface area contributed by atoms with E-state index in [4.69, 9.17) is 4.74 Å². The van der Waals surface area contributed by atoms with Crippen molar-refractivity contribution in [3.8, 4) is 0 Å². The average Bonchev–Trinajstić information content (AvgIpc) is 2.59. The number of hydrogen-bond donors (Lipinski definition) is 2. The summed E-state index contributed by atoms with van der Waals surface area (Å²) in [6, 6.07) is 1.80. The van der Waals surface area contributed by atoms with Crippen molar-refractivity contribution < 1.29 is 31.9 Å². The van der Waals surface area contributed by atoms with Gasteiger partial charge in [0.05, 0.1) is 5.56 Å². The van der Waals surface area contributed by atoms with Gasteiger partial charge in [0.2, 0.25) is 10.0 Å². The molecule has 0 atom stereocenters. The molecule has 0 saturated heterocycles. The minimum absolute atomic E-state index is 0.131. The highest BCUT2D eigenvalue weighted by molar-refractivity contribution is 7.89. The topological polar surface area (TPSA) is 122 Å². The number of hydrogen-bond acceptors (Lipinski definition) is 6. The number of carbonyl (C=O) groups is 3. The fraction of sp³-hybridized carbons (Fsp3) is 0.471. The molecule has 156 valence electrons. The molecule has 11 heteroatoms. The number of halogens is 1. The van der Waals surface area contributed by atoms with Crippen molar-refractivity contribution in [3.05, 3.63) is 29.6 Å². The van der Waals surface area contributed by atoms with Gasteiger partial charge in [0.25, 0.3) is 5.91 Å². The van der Waals surface area contributed by atoms with Gasteiger partial charge in [-0.2, -0.15) is 4.31 Å². The third-order valence-electron chi connectivity index (χ3n) is 3.50. The molecule has 0 fully saturated rings. The molecule has 28 heavy (non-hydrogen) atoms. The molecule has 2 N–H and O–H groups in total. The third kappa shape index (κ3) is 6.27. The first-order chi connectivity index (χ1) is 13.0. The highest BCUT2D eigenvalue weighted by Crippen LogP contribution is 2.21. The van der Waals surface area contributed by atoms with Gasteiger partial charge >= 0.3 is 12.0 Å². The van der Waals surface area contributed by atoms with E-state index in [-0.39, 0.29) is 24.7 Å². The maximum atomic E-state index is 14.1. The number of imide groups is 1. The van der Waals surface area contributed by atoms with Crippen LogP contribution in [-0.2, 0) is 19.6 Å². The van der Waals surface area contributed by atoms with E-state index >= 15 is 0 Å². The number of rotatable bonds is 8. The predicted octanol–water partition coefficient (Wildman–Crippen LogP) is 1.25. The third-order valence-corrected chi connectivity index (χ3v) is 5.56. The molecule has 0 heterocycles. The molecule has 0 radical (unpaired) electrons. The second-order valence-corrected chi connectivity index (χ2v) is 7.89. The van der Waals surface area contributed by atoms with Gasteiger partial charge in [-0.05, 0) is 32.0 Å². The van der Waals surface area contributed by atoms with Crippen LogP contribution in [0.1, 0.15) is 38.1 Å². The molecule has 0 unspecified atom stereocenters. The van der Waals surface area contributed by atoms with E-state index < -0.39 is 45.3 Å². The monoisotopic (exact) mass is 417 g/mol. The van der Waals surface area contributed by atoms with Crippen LogP contribution in [0, 0.1) is 5.82 Å². The summed E-state index contributed by atoms with van der Waals surface area (Å²) in [5, 5.41) is 4.38. The Morgan fingerprint density at radius 2 is 1.79 bits per heavy atom. The van der Waals surface area contributed by atoms with Crippen LogP contribution in [0.3, 0.4) is 0 Å². The molecule has 0 aliphatic rings. The van der Waals surface area contributed by atoms with Crippen LogP contribution < -0.4 is 10.6 Å². The number of esters is 1. The predicted molar refractivity (Wildman–Crippen MR) is 98.6 cm³/mol. The number of carbonyl (C=O) groups excluding carboxylic acids is 3. The molecule has 9 nitrogen and oxygen atoms in total. The Kier molecular flexibility index (Phi) is 8.51. The van der Waals surface area contributed by atoms with Crippen molar-refractivity contribution in [3.63, 3.8) is 0 Å². The van der Waals surface area contributed by atoms with Crippen LogP contribution in [0.5, 0.6) is 0 Å². The Hall–Kier alpha value is -2.53. The van der Waals surface area contributed by atoms with Gasteiger partial charge < -0.3 is 10.1 Å². The summed E-state index contributed by atoms with van der Waals surface area (Å²) in [5.74, 6) is -2.91. The molecule has 0 aliphatic carbocycles. The highest BCUT2D eigenvalue weighted by atomic mass is 32.2. The molecule has 1 rings (SSSR count). The number of ether oxygens (including phenoxy) is 1. The molecular weight excluding hydrogens is 393 g/mol. The zero-order valence-corrected chi connectivity index (χ0v) is 16.9. The normalized spacial score (nSPS) is 11.4. The van der Waals surface area contributed by atoms with Gasteiger partial charge in [0.15, 0.2) is 6.61 Å². The molecule has 0 aromatic heterocycles. The first kappa shape index (κ1) is 23.5. The zero-order chi connectivity index (χ0) is 21.5. The maximum Gasteiger partial charge on any atom is 0.338 e. The molecule has 1 aromatic rings. The summed E-state index contributed by atoms with van der Waals surface area (Å²) in [4.78, 5) is 34.4. The van der Waals surface area contributed by atoms with Gasteiger partial charge in [-0.15, -0.1) is 0 Å². The largest absolute Gasteiger partial charge is 0.452 e. The summed E-state index contributed by atoms with van der Waals surface area (Å²) in [6.45, 7) is 6.10. The summed E-state index contributed by atoms with van der Waals surface area (Å²) in [5.41, 5.74) is -0.244. The molecule has 0 bridgehead atoms. The Bertz CT molecular complexity index is 837. The van der Waals surface area contributed by atoms with Crippen LogP contribution >= 0.6 is 0 Å². The van der Waals surface area contributed by atoms with Crippen molar-refractivity contribution in [1.29, 1.82) is 0 Å². The lowest BCUT2D eigenvalue weighted by Crippen LogP contribution is -2.44. The highest BCUT2D eigenvalue weighted by Gasteiger charge is 2.26. The van der Waals surface area contributed by atoms with E-state index in [0.717, 1.165) is 22.5 Å². The van der Waals surface area contributed by atoms with Gasteiger partial charge in [0, 0.05) is 19.1 Å². The van der Waals surface area contributed by atoms with Gasteiger partial charge in [-0.1, -0.05) is 13.8 Å². The Balaban J connectivity index is 2.88. The van der Waals surface area contributed by atoms with Crippen LogP contribution in [-0.4, -0.2) is 56.4 Å². The quantitative estimate of drug-likeness (QED) is 0.614. The van der Waals surface area contributed by atoms with E-state index in [0.29, 0.717) is 0 Å². The lowest BCUT2D eigenvalue weighted by atomic mass is 10.2. The first-order valence-corrected chi connectivity index (χ1v) is 10.0. The minimum atomic E-state index is -4.13. The van der Waals surface area contributed by atoms with E-state index in [2.05, 4.69) is 5.32 Å². The Morgan fingerprint density at radius 3 is 2.32 bits per heavy atom. The fourth-order valence-electron chi connectivity index (χ4n) is 2.21. The number of benzene rings is 1. The second kappa shape index (κ2) is 10.1. The molecule has 1 aromatic carbocycles. The van der Waals surface area contributed by atoms with Gasteiger partial charge in [0.1, 0.15) is 10.7 Å². The first-order valence-electron chi connectivity index (χ1n) is 8.60. The SMILES string of the molecule is CCN(CC)S(=O)(=O)c1cc(C(=O)OCC(=O)NC(=O)NC(C)C)ccc1F. The molecule has 0 aliphatic heterocycles. The van der Waals surface area contributed by atoms with Gasteiger partial charge in [-0.25, -0.2) is 22.4 Å². The number of urea groups is 1. The van der Waals surface area contributed by atoms with Crippen LogP contribution in [0.25, 0.3) is 0 Å². The van der Waals surface area contributed by atoms with Crippen molar-refractivity contribution >= 4 is 27.9 Å². The van der Waals surface area contributed by atoms with E-state index in [9.17, 15) is 27.2 Å². The number of amides is 3. The van der Waals surface area contributed by atoms with E-state index in [1.165, 1.54) is 0 Å². The second-order valence-electron chi connectivity index (χ2n) is 5.99. The Morgan fingerprint density at radius 1 is 1.18 bits per heavy atom. The summed E-state index contributed by atoms with van der Waals surface area (Å²) >= 11 is 0. The molecular formula is C17H24FN3O6S. The van der Waals surface area contributed by atoms with Crippen LogP contribution in [0.15, 0.2) is 23.1 Å². The van der Waals surface area contributed by atoms with E-state index in [1.54, 1.807) is 27.7 Å². The summed E-state index contributed by atoms with van der Waals surface area (Å²) in [7, 11) is -4.13. The lowest BCUT2D eigenvalue weighted by molar-refractivity contribution is -0.123. The van der Waals surface area contributed by atoms with Crippen molar-refractivity contribution in [2.75, 3.05) is 19.7 Å². The number of sulfonamides is 1. The lowest BCUT2D eigenvalue weighted by Gasteiger charge is -2.19. The van der Waals surface area contributed by atoms with Crippen molar-refractivity contribution in [1.82, 2.24) is 14.9 Å². The van der Waals surface area contributed by atoms with Crippen molar-refractivity contribution in [2.24, 2.45) is 0 Å². The fourth-order valence-corrected chi connectivity index (χ4v) is 3.75. The van der Waals surface area contributed by atoms with E-state index in [1.807, 2.05) is 5.32 Å². The maximum absolute atomic E-state index is 14.1.